The zero-order chi connectivity index (χ0) is 44.7. The van der Waals surface area contributed by atoms with Crippen molar-refractivity contribution in [2.24, 2.45) is 0 Å². The number of halogens is 3. The number of carbonyl (C=O) groups is 1. The van der Waals surface area contributed by atoms with Gasteiger partial charge in [-0.3, -0.25) is 19.6 Å². The van der Waals surface area contributed by atoms with Gasteiger partial charge >= 0.3 is 6.01 Å². The van der Waals surface area contributed by atoms with E-state index in [1.54, 1.807) is 6.07 Å². The zero-order valence-electron chi connectivity index (χ0n) is 36.2. The third-order valence-corrected chi connectivity index (χ3v) is 15.0. The number of nitrogens with zero attached hydrogens (tertiary/aromatic N) is 7. The van der Waals surface area contributed by atoms with E-state index in [0.29, 0.717) is 49.2 Å². The summed E-state index contributed by atoms with van der Waals surface area (Å²) in [6.07, 6.45) is 4.16. The number of amides is 1. The fourth-order valence-corrected chi connectivity index (χ4v) is 12.1. The van der Waals surface area contributed by atoms with E-state index in [4.69, 9.17) is 9.72 Å². The van der Waals surface area contributed by atoms with Gasteiger partial charge in [0.1, 0.15) is 47.4 Å². The van der Waals surface area contributed by atoms with E-state index >= 15 is 13.6 Å². The van der Waals surface area contributed by atoms with Gasteiger partial charge in [0, 0.05) is 61.8 Å². The number of phenols is 1. The molecule has 5 saturated heterocycles. The van der Waals surface area contributed by atoms with E-state index in [0.717, 1.165) is 48.9 Å². The summed E-state index contributed by atoms with van der Waals surface area (Å²) >= 11 is 0. The van der Waals surface area contributed by atoms with Crippen LogP contribution in [0.1, 0.15) is 48.8 Å². The molecule has 5 aliphatic heterocycles. The molecule has 6 atom stereocenters. The smallest absolute Gasteiger partial charge is 0.319 e. The van der Waals surface area contributed by atoms with Gasteiger partial charge in [-0.15, -0.1) is 0 Å². The maximum atomic E-state index is 17.3. The summed E-state index contributed by atoms with van der Waals surface area (Å²) < 4.78 is 53.9. The summed E-state index contributed by atoms with van der Waals surface area (Å²) in [7, 11) is 0. The number of alkyl halides is 1. The zero-order valence-corrected chi connectivity index (χ0v) is 36.2. The van der Waals surface area contributed by atoms with Crippen molar-refractivity contribution < 1.29 is 27.8 Å². The number of phenolic OH excluding ortho intramolecular Hbond substituents is 1. The van der Waals surface area contributed by atoms with Crippen molar-refractivity contribution in [3.8, 4) is 23.0 Å². The van der Waals surface area contributed by atoms with Crippen molar-refractivity contribution >= 4 is 33.4 Å². The highest BCUT2D eigenvalue weighted by Crippen LogP contribution is 2.50. The van der Waals surface area contributed by atoms with Crippen molar-refractivity contribution in [3.05, 3.63) is 156 Å². The number of aromatic hydroxyl groups is 1. The minimum absolute atomic E-state index is 0.0532. The monoisotopic (exact) mass is 887 g/mol. The topological polar surface area (TPSA) is 97.9 Å². The summed E-state index contributed by atoms with van der Waals surface area (Å²) in [5.74, 6) is -1.04. The number of hydrogen-bond acceptors (Lipinski definition) is 9. The Morgan fingerprint density at radius 2 is 1.48 bits per heavy atom. The number of hydrogen-bond donors (Lipinski definition) is 1. The second-order valence-corrected chi connectivity index (χ2v) is 18.7. The number of aromatic nitrogens is 3. The van der Waals surface area contributed by atoms with Gasteiger partial charge < -0.3 is 19.6 Å². The Kier molecular flexibility index (Phi) is 9.79. The summed E-state index contributed by atoms with van der Waals surface area (Å²) in [5, 5.41) is 11.5. The van der Waals surface area contributed by atoms with Crippen LogP contribution in [0.4, 0.5) is 19.0 Å². The molecular formula is C53H48F3N7O3. The van der Waals surface area contributed by atoms with E-state index in [2.05, 4.69) is 102 Å². The Morgan fingerprint density at radius 3 is 2.15 bits per heavy atom. The number of rotatable bonds is 10. The van der Waals surface area contributed by atoms with Gasteiger partial charge in [-0.1, -0.05) is 103 Å². The summed E-state index contributed by atoms with van der Waals surface area (Å²) in [5.41, 5.74) is 1.89. The van der Waals surface area contributed by atoms with Gasteiger partial charge in [-0.2, -0.15) is 9.97 Å². The molecule has 66 heavy (non-hydrogen) atoms. The van der Waals surface area contributed by atoms with Crippen LogP contribution in [-0.2, 0) is 10.3 Å². The van der Waals surface area contributed by atoms with Crippen LogP contribution in [-0.4, -0.2) is 110 Å². The normalized spacial score (nSPS) is 24.9. The molecular weight excluding hydrogens is 840 g/mol. The predicted octanol–water partition coefficient (Wildman–Crippen LogP) is 8.64. The fraction of sp³-hybridized carbons (Fsp3) is 0.321. The molecule has 10 nitrogen and oxygen atoms in total. The molecule has 13 heteroatoms. The van der Waals surface area contributed by atoms with Crippen molar-refractivity contribution in [2.75, 3.05) is 44.2 Å². The van der Waals surface area contributed by atoms with Crippen molar-refractivity contribution in [1.29, 1.82) is 0 Å². The third-order valence-electron chi connectivity index (χ3n) is 15.0. The van der Waals surface area contributed by atoms with E-state index in [1.165, 1.54) is 30.5 Å². The van der Waals surface area contributed by atoms with Crippen molar-refractivity contribution in [3.63, 3.8) is 0 Å². The molecule has 5 aromatic carbocycles. The lowest BCUT2D eigenvalue weighted by molar-refractivity contribution is -0.135. The minimum atomic E-state index is -0.964. The van der Waals surface area contributed by atoms with Crippen LogP contribution in [0.3, 0.4) is 0 Å². The largest absolute Gasteiger partial charge is 0.508 e. The van der Waals surface area contributed by atoms with Gasteiger partial charge in [-0.25, -0.2) is 13.2 Å². The fourth-order valence-electron chi connectivity index (χ4n) is 12.1. The van der Waals surface area contributed by atoms with Crippen LogP contribution in [0.15, 0.2) is 128 Å². The van der Waals surface area contributed by atoms with Gasteiger partial charge in [0.15, 0.2) is 5.82 Å². The highest BCUT2D eigenvalue weighted by molar-refractivity contribution is 6.00. The van der Waals surface area contributed by atoms with Crippen LogP contribution in [0, 0.1) is 11.6 Å². The SMILES string of the molecule is O=C([C@H]1CN1C(c1ccccc1)(c1ccccc1)c1ccccc1)N1C2CCC1CN(c1nc(OC[C@@]34CCCN3C[C@H](F)C4)nc3c(F)c(-c4cc(O)cc5cccc(F)c45)ncc13)C2. The number of ether oxygens (including phenoxy) is 1. The molecule has 12 rings (SSSR count). The summed E-state index contributed by atoms with van der Waals surface area (Å²) in [6.45, 7) is 2.73. The average Bonchev–Trinajstić information content (AvgIpc) is 3.85. The Morgan fingerprint density at radius 1 is 0.818 bits per heavy atom. The lowest BCUT2D eigenvalue weighted by Gasteiger charge is -2.43. The molecule has 2 aromatic heterocycles. The van der Waals surface area contributed by atoms with E-state index in [1.807, 2.05) is 18.2 Å². The molecule has 2 bridgehead atoms. The maximum Gasteiger partial charge on any atom is 0.319 e. The standard InChI is InChI=1S/C53H48F3N7O3/c54-37-26-52(22-11-23-61(52)28-37)32-66-51-58-48-42(27-57-47(46(48)56)41-25-40(64)24-33-12-10-19-43(55)45(33)41)49(59-51)60-29-38-20-21-39(30-60)63(38)50(65)44-31-62(44)53(34-13-4-1-5-14-34,35-15-6-2-7-16-35)36-17-8-3-9-18-36/h1-10,12-19,24-25,27,37-39,44,64H,11,20-23,26,28-32H2/t37-,38?,39?,44-,52+,62?/m1/s1. The molecule has 7 aromatic rings. The van der Waals surface area contributed by atoms with E-state index in [-0.39, 0.29) is 64.6 Å². The van der Waals surface area contributed by atoms with E-state index < -0.39 is 28.9 Å². The minimum Gasteiger partial charge on any atom is -0.508 e. The Balaban J connectivity index is 0.894. The third kappa shape index (κ3) is 6.52. The van der Waals surface area contributed by atoms with Crippen LogP contribution in [0.25, 0.3) is 32.9 Å². The molecule has 1 N–H and O–H groups in total. The molecule has 1 amide bonds. The first-order valence-corrected chi connectivity index (χ1v) is 23.0. The Bertz CT molecular complexity index is 2890. The second kappa shape index (κ2) is 15.8. The second-order valence-electron chi connectivity index (χ2n) is 18.7. The van der Waals surface area contributed by atoms with Crippen LogP contribution >= 0.6 is 0 Å². The number of fused-ring (bicyclic) bond motifs is 5. The quantitative estimate of drug-likeness (QED) is 0.107. The number of anilines is 1. The highest BCUT2D eigenvalue weighted by Gasteiger charge is 2.59. The molecule has 3 unspecified atom stereocenters. The number of benzene rings is 5. The molecule has 5 fully saturated rings. The maximum absolute atomic E-state index is 17.3. The molecule has 5 aliphatic rings. The van der Waals surface area contributed by atoms with Crippen LogP contribution < -0.4 is 9.64 Å². The molecule has 0 radical (unpaired) electrons. The first-order chi connectivity index (χ1) is 32.2. The van der Waals surface area contributed by atoms with Crippen molar-refractivity contribution in [2.45, 2.75) is 67.5 Å². The van der Waals surface area contributed by atoms with Gasteiger partial charge in [0.2, 0.25) is 5.91 Å². The first-order valence-electron chi connectivity index (χ1n) is 23.0. The lowest BCUT2D eigenvalue weighted by atomic mass is 9.76. The molecule has 0 spiro atoms. The van der Waals surface area contributed by atoms with Gasteiger partial charge in [0.25, 0.3) is 0 Å². The molecule has 7 heterocycles. The van der Waals surface area contributed by atoms with Crippen molar-refractivity contribution in [1.82, 2.24) is 29.7 Å². The number of carbonyl (C=O) groups excluding carboxylic acids is 1. The highest BCUT2D eigenvalue weighted by atomic mass is 19.1. The average molecular weight is 888 g/mol. The van der Waals surface area contributed by atoms with E-state index in [9.17, 15) is 9.50 Å². The Labute approximate surface area is 380 Å². The van der Waals surface area contributed by atoms with Gasteiger partial charge in [-0.05, 0) is 72.5 Å². The van der Waals surface area contributed by atoms with Gasteiger partial charge in [0.05, 0.1) is 16.5 Å². The molecule has 0 saturated carbocycles. The summed E-state index contributed by atoms with van der Waals surface area (Å²) in [4.78, 5) is 37.9. The molecule has 0 aliphatic carbocycles. The summed E-state index contributed by atoms with van der Waals surface area (Å²) in [6, 6.07) is 37.7. The first kappa shape index (κ1) is 40.9. The predicted molar refractivity (Wildman–Crippen MR) is 246 cm³/mol. The van der Waals surface area contributed by atoms with Crippen LogP contribution in [0.5, 0.6) is 11.8 Å². The molecule has 334 valence electrons. The lowest BCUT2D eigenvalue weighted by Crippen LogP contribution is -2.57. The van der Waals surface area contributed by atoms with Crippen LogP contribution in [0.2, 0.25) is 0 Å². The number of pyridine rings is 1. The Hall–Kier alpha value is -6.57. The number of piperazine rings is 1.